The molecule has 0 unspecified atom stereocenters. The van der Waals surface area contributed by atoms with Gasteiger partial charge in [0.2, 0.25) is 6.34 Å². The van der Waals surface area contributed by atoms with Gasteiger partial charge < -0.3 is 26.2 Å². The number of phenols is 1. The van der Waals surface area contributed by atoms with E-state index < -0.39 is 0 Å². The summed E-state index contributed by atoms with van der Waals surface area (Å²) in [5, 5.41) is 31.9. The van der Waals surface area contributed by atoms with Crippen LogP contribution in [0.2, 0.25) is 0 Å². The summed E-state index contributed by atoms with van der Waals surface area (Å²) < 4.78 is 2.01. The zero-order valence-electron chi connectivity index (χ0n) is 17.2. The van der Waals surface area contributed by atoms with E-state index in [1.54, 1.807) is 12.3 Å². The first-order chi connectivity index (χ1) is 14.1. The molecule has 0 aliphatic heterocycles. The Bertz CT molecular complexity index is 819. The Hall–Kier alpha value is -3.19. The fraction of sp³-hybridized carbons (Fsp3) is 0.318. The van der Waals surface area contributed by atoms with Gasteiger partial charge in [-0.05, 0) is 42.8 Å². The van der Waals surface area contributed by atoms with Gasteiger partial charge in [-0.1, -0.05) is 6.58 Å². The highest BCUT2D eigenvalue weighted by Crippen LogP contribution is 2.32. The fourth-order valence-corrected chi connectivity index (χ4v) is 2.83. The highest BCUT2D eigenvalue weighted by molar-refractivity contribution is 5.77. The second-order valence-electron chi connectivity index (χ2n) is 6.66. The molecule has 0 aliphatic rings. The standard InChI is InChI=1S/C22H31N5O2/c1-4-27(16-23-3)12-5-10-24-18-6-8-19(9-7-18)26-21-14-17(2)22(29)15-20(21)25-11-13-28/h4,6-9,14-16,24-26,28-29H,1,5,10-13H2,2-3H3/p+1. The number of aromatic hydroxyl groups is 1. The van der Waals surface area contributed by atoms with E-state index in [1.165, 1.54) is 0 Å². The molecule has 0 atom stereocenters. The molecule has 0 radical (unpaired) electrons. The van der Waals surface area contributed by atoms with Crippen molar-refractivity contribution >= 4 is 29.1 Å². The van der Waals surface area contributed by atoms with Crippen molar-refractivity contribution < 1.29 is 14.8 Å². The molecule has 2 aromatic rings. The van der Waals surface area contributed by atoms with Crippen molar-refractivity contribution in [2.24, 2.45) is 0 Å². The van der Waals surface area contributed by atoms with Gasteiger partial charge in [-0.25, -0.2) is 4.58 Å². The summed E-state index contributed by atoms with van der Waals surface area (Å²) >= 11 is 0. The minimum absolute atomic E-state index is 0.0198. The van der Waals surface area contributed by atoms with Crippen LogP contribution in [0.5, 0.6) is 5.75 Å². The third-order valence-corrected chi connectivity index (χ3v) is 4.38. The van der Waals surface area contributed by atoms with Crippen molar-refractivity contribution in [1.29, 1.82) is 0 Å². The number of aliphatic hydroxyl groups is 1. The van der Waals surface area contributed by atoms with Gasteiger partial charge in [0, 0.05) is 37.0 Å². The molecule has 0 fully saturated rings. The molecule has 6 N–H and O–H groups in total. The van der Waals surface area contributed by atoms with Crippen LogP contribution in [0.1, 0.15) is 12.0 Å². The molecular weight excluding hydrogens is 366 g/mol. The number of hydrogen-bond acceptors (Lipinski definition) is 5. The molecule has 156 valence electrons. The van der Waals surface area contributed by atoms with Gasteiger partial charge >= 0.3 is 0 Å². The first-order valence-corrected chi connectivity index (χ1v) is 9.75. The average molecular weight is 399 g/mol. The SMILES string of the molecule is C=C[N+](=CNC)CCCNc1ccc(Nc2cc(C)c(O)cc2NCCO)cc1. The molecule has 7 heteroatoms. The first-order valence-electron chi connectivity index (χ1n) is 9.75. The van der Waals surface area contributed by atoms with Crippen molar-refractivity contribution in [1.82, 2.24) is 5.32 Å². The molecule has 7 nitrogen and oxygen atoms in total. The van der Waals surface area contributed by atoms with Crippen LogP contribution in [0.15, 0.2) is 49.2 Å². The summed E-state index contributed by atoms with van der Waals surface area (Å²) in [4.78, 5) is 0. The largest absolute Gasteiger partial charge is 0.508 e. The summed E-state index contributed by atoms with van der Waals surface area (Å²) in [5.41, 5.74) is 4.37. The highest BCUT2D eigenvalue weighted by Gasteiger charge is 2.07. The van der Waals surface area contributed by atoms with E-state index in [0.29, 0.717) is 6.54 Å². The van der Waals surface area contributed by atoms with E-state index in [0.717, 1.165) is 47.8 Å². The Balaban J connectivity index is 1.94. The van der Waals surface area contributed by atoms with E-state index in [9.17, 15) is 5.11 Å². The Kier molecular flexibility index (Phi) is 8.85. The van der Waals surface area contributed by atoms with E-state index in [1.807, 2.05) is 55.2 Å². The lowest BCUT2D eigenvalue weighted by molar-refractivity contribution is -0.453. The molecule has 0 bridgehead atoms. The summed E-state index contributed by atoms with van der Waals surface area (Å²) in [5.74, 6) is 0.220. The second-order valence-corrected chi connectivity index (χ2v) is 6.66. The van der Waals surface area contributed by atoms with Crippen LogP contribution in [0.3, 0.4) is 0 Å². The highest BCUT2D eigenvalue weighted by atomic mass is 16.3. The van der Waals surface area contributed by atoms with Crippen LogP contribution >= 0.6 is 0 Å². The van der Waals surface area contributed by atoms with Crippen molar-refractivity contribution in [2.75, 3.05) is 49.2 Å². The van der Waals surface area contributed by atoms with Gasteiger partial charge in [0.15, 0.2) is 0 Å². The minimum atomic E-state index is 0.0198. The third kappa shape index (κ3) is 7.04. The molecule has 0 aromatic heterocycles. The van der Waals surface area contributed by atoms with Crippen molar-refractivity contribution in [3.05, 3.63) is 54.7 Å². The maximum Gasteiger partial charge on any atom is 0.236 e. The summed E-state index contributed by atoms with van der Waals surface area (Å²) in [6.07, 6.45) is 4.67. The topological polar surface area (TPSA) is 91.6 Å². The zero-order valence-corrected chi connectivity index (χ0v) is 17.2. The van der Waals surface area contributed by atoms with Crippen molar-refractivity contribution in [3.63, 3.8) is 0 Å². The molecule has 0 saturated heterocycles. The fourth-order valence-electron chi connectivity index (χ4n) is 2.83. The van der Waals surface area contributed by atoms with Crippen LogP contribution < -0.4 is 21.3 Å². The Morgan fingerprint density at radius 2 is 1.76 bits per heavy atom. The normalized spacial score (nSPS) is 11.1. The number of benzene rings is 2. The summed E-state index contributed by atoms with van der Waals surface area (Å²) in [6, 6.07) is 11.6. The molecule has 0 saturated carbocycles. The molecular formula is C22H32N5O2+. The van der Waals surface area contributed by atoms with Gasteiger partial charge in [0.05, 0.1) is 37.8 Å². The lowest BCUT2D eigenvalue weighted by Crippen LogP contribution is -2.18. The Morgan fingerprint density at radius 1 is 1.03 bits per heavy atom. The van der Waals surface area contributed by atoms with E-state index in [2.05, 4.69) is 27.8 Å². The van der Waals surface area contributed by atoms with Gasteiger partial charge in [0.1, 0.15) is 5.75 Å². The van der Waals surface area contributed by atoms with Gasteiger partial charge in [0.25, 0.3) is 0 Å². The molecule has 0 spiro atoms. The van der Waals surface area contributed by atoms with Crippen LogP contribution in [-0.2, 0) is 0 Å². The number of hydrogen-bond donors (Lipinski definition) is 6. The summed E-state index contributed by atoms with van der Waals surface area (Å²) in [7, 11) is 1.87. The van der Waals surface area contributed by atoms with E-state index in [4.69, 9.17) is 5.11 Å². The number of nitrogens with one attached hydrogen (secondary N) is 4. The maximum atomic E-state index is 9.96. The van der Waals surface area contributed by atoms with Gasteiger partial charge in [-0.2, -0.15) is 0 Å². The zero-order chi connectivity index (χ0) is 21.1. The number of anilines is 4. The molecule has 0 heterocycles. The predicted molar refractivity (Wildman–Crippen MR) is 122 cm³/mol. The lowest BCUT2D eigenvalue weighted by Gasteiger charge is -2.16. The monoisotopic (exact) mass is 398 g/mol. The number of aliphatic hydroxyl groups excluding tert-OH is 1. The van der Waals surface area contributed by atoms with Crippen LogP contribution in [-0.4, -0.2) is 54.4 Å². The number of aryl methyl sites for hydroxylation is 1. The van der Waals surface area contributed by atoms with E-state index in [-0.39, 0.29) is 12.4 Å². The van der Waals surface area contributed by atoms with E-state index >= 15 is 0 Å². The quantitative estimate of drug-likeness (QED) is 0.108. The average Bonchev–Trinajstić information content (AvgIpc) is 2.73. The lowest BCUT2D eigenvalue weighted by atomic mass is 10.1. The summed E-state index contributed by atoms with van der Waals surface area (Å²) in [6.45, 7) is 7.83. The molecule has 29 heavy (non-hydrogen) atoms. The smallest absolute Gasteiger partial charge is 0.236 e. The Labute approximate surface area is 172 Å². The Morgan fingerprint density at radius 3 is 2.41 bits per heavy atom. The number of nitrogens with zero attached hydrogens (tertiary/aromatic N) is 1. The third-order valence-electron chi connectivity index (χ3n) is 4.38. The predicted octanol–water partition coefficient (Wildman–Crippen LogP) is 3.05. The number of phenolic OH excluding ortho intramolecular Hbond substituents is 1. The molecule has 0 amide bonds. The van der Waals surface area contributed by atoms with Crippen LogP contribution in [0, 0.1) is 6.92 Å². The number of rotatable bonds is 12. The van der Waals surface area contributed by atoms with Crippen molar-refractivity contribution in [3.8, 4) is 5.75 Å². The van der Waals surface area contributed by atoms with Gasteiger partial charge in [-0.15, -0.1) is 0 Å². The minimum Gasteiger partial charge on any atom is -0.508 e. The van der Waals surface area contributed by atoms with Crippen molar-refractivity contribution in [2.45, 2.75) is 13.3 Å². The molecule has 2 aromatic carbocycles. The maximum absolute atomic E-state index is 9.96. The molecule has 2 rings (SSSR count). The van der Waals surface area contributed by atoms with Crippen LogP contribution in [0.25, 0.3) is 0 Å². The first kappa shape index (κ1) is 22.1. The molecule has 0 aliphatic carbocycles. The second kappa shape index (κ2) is 11.6. The van der Waals surface area contributed by atoms with Crippen LogP contribution in [0.4, 0.5) is 22.7 Å². The van der Waals surface area contributed by atoms with Gasteiger partial charge in [-0.3, -0.25) is 5.32 Å².